The van der Waals surface area contributed by atoms with Gasteiger partial charge in [0.15, 0.2) is 0 Å². The molecule has 88 heavy (non-hydrogen) atoms. The third-order valence-electron chi connectivity index (χ3n) is 19.4. The lowest BCUT2D eigenvalue weighted by molar-refractivity contribution is 0.457. The van der Waals surface area contributed by atoms with Crippen molar-refractivity contribution < 1.29 is 18.9 Å². The zero-order chi connectivity index (χ0) is 57.7. The number of nitrogens with zero attached hydrogens (tertiary/aromatic N) is 2. The van der Waals surface area contributed by atoms with Gasteiger partial charge in [-0.05, 0) is 115 Å². The highest BCUT2D eigenvalue weighted by molar-refractivity contribution is 7.00. The first-order valence-electron chi connectivity index (χ1n) is 30.3. The Bertz CT molecular complexity index is 4540. The van der Waals surface area contributed by atoms with E-state index in [2.05, 4.69) is 313 Å². The summed E-state index contributed by atoms with van der Waals surface area (Å²) in [6.45, 7) is -0.458. The Morgan fingerprint density at radius 3 is 0.807 bits per heavy atom. The van der Waals surface area contributed by atoms with E-state index < -0.39 is 10.8 Å². The predicted octanol–water partition coefficient (Wildman–Crippen LogP) is 15.5. The molecule has 0 fully saturated rings. The number of para-hydroxylation sites is 6. The van der Waals surface area contributed by atoms with E-state index in [0.717, 1.165) is 113 Å². The van der Waals surface area contributed by atoms with Gasteiger partial charge in [0.2, 0.25) is 0 Å². The molecule has 8 heteroatoms. The Kier molecular flexibility index (Phi) is 10.4. The summed E-state index contributed by atoms with van der Waals surface area (Å²) in [4.78, 5) is 4.81. The molecule has 0 bridgehead atoms. The second-order valence-electron chi connectivity index (χ2n) is 23.7. The molecule has 0 saturated heterocycles. The number of fused-ring (bicyclic) bond motifs is 12. The fraction of sp³-hybridized carbons (Fsp3) is 0.0250. The molecule has 0 radical (unpaired) electrons. The van der Waals surface area contributed by atoms with Crippen LogP contribution in [0.1, 0.15) is 44.5 Å². The maximum Gasteiger partial charge on any atom is 0.260 e. The summed E-state index contributed by atoms with van der Waals surface area (Å²) < 4.78 is 29.1. The van der Waals surface area contributed by atoms with Crippen LogP contribution in [0.15, 0.2) is 303 Å². The van der Waals surface area contributed by atoms with Crippen LogP contribution in [0.25, 0.3) is 0 Å². The summed E-state index contributed by atoms with van der Waals surface area (Å²) in [5.74, 6) is 6.17. The Morgan fingerprint density at radius 1 is 0.227 bits per heavy atom. The third-order valence-corrected chi connectivity index (χ3v) is 19.4. The Hall–Kier alpha value is -11.2. The van der Waals surface area contributed by atoms with Gasteiger partial charge in [-0.15, -0.1) is 0 Å². The second kappa shape index (κ2) is 18.6. The number of hydrogen-bond donors (Lipinski definition) is 0. The maximum atomic E-state index is 7.45. The molecule has 0 N–H and O–H groups in total. The zero-order valence-corrected chi connectivity index (χ0v) is 47.5. The summed E-state index contributed by atoms with van der Waals surface area (Å²) in [6.07, 6.45) is 0. The average molecular weight is 1120 g/mol. The van der Waals surface area contributed by atoms with E-state index >= 15 is 0 Å². The summed E-state index contributed by atoms with van der Waals surface area (Å²) >= 11 is 0. The summed E-state index contributed by atoms with van der Waals surface area (Å²) in [5, 5.41) is 0. The van der Waals surface area contributed by atoms with Gasteiger partial charge in [-0.25, -0.2) is 0 Å². The number of benzene rings is 13. The van der Waals surface area contributed by atoms with E-state index in [1.165, 1.54) is 44.5 Å². The number of rotatable bonds is 6. The zero-order valence-electron chi connectivity index (χ0n) is 47.5. The lowest BCUT2D eigenvalue weighted by Crippen LogP contribution is -2.60. The predicted molar refractivity (Wildman–Crippen MR) is 355 cm³/mol. The Balaban J connectivity index is 0.777. The minimum atomic E-state index is -0.614. The van der Waals surface area contributed by atoms with Gasteiger partial charge in [-0.2, -0.15) is 0 Å². The molecule has 0 saturated carbocycles. The van der Waals surface area contributed by atoms with Gasteiger partial charge in [0.05, 0.1) is 45.0 Å². The van der Waals surface area contributed by atoms with Gasteiger partial charge in [0, 0.05) is 35.2 Å². The van der Waals surface area contributed by atoms with Crippen molar-refractivity contribution >= 4 is 80.3 Å². The molecule has 6 heterocycles. The van der Waals surface area contributed by atoms with E-state index in [1.54, 1.807) is 0 Å². The van der Waals surface area contributed by atoms with Gasteiger partial charge < -0.3 is 28.7 Å². The maximum absolute atomic E-state index is 7.45. The van der Waals surface area contributed by atoms with E-state index in [-0.39, 0.29) is 13.4 Å². The van der Waals surface area contributed by atoms with Crippen molar-refractivity contribution in [1.29, 1.82) is 0 Å². The van der Waals surface area contributed by atoms with Crippen molar-refractivity contribution in [3.8, 4) is 46.0 Å². The van der Waals surface area contributed by atoms with Crippen molar-refractivity contribution in [1.82, 2.24) is 0 Å². The van der Waals surface area contributed by atoms with Crippen molar-refractivity contribution in [3.63, 3.8) is 0 Å². The van der Waals surface area contributed by atoms with Crippen LogP contribution in [0.2, 0.25) is 0 Å². The normalized spacial score (nSPS) is 14.8. The summed E-state index contributed by atoms with van der Waals surface area (Å²) in [6, 6.07) is 110. The smallest absolute Gasteiger partial charge is 0.260 e. The molecule has 0 aromatic heterocycles. The van der Waals surface area contributed by atoms with Crippen LogP contribution >= 0.6 is 0 Å². The second-order valence-corrected chi connectivity index (χ2v) is 23.7. The Labute approximate surface area is 510 Å². The number of ether oxygens (including phenoxy) is 4. The van der Waals surface area contributed by atoms with Crippen molar-refractivity contribution in [3.05, 3.63) is 348 Å². The van der Waals surface area contributed by atoms with Gasteiger partial charge in [0.1, 0.15) is 46.0 Å². The van der Waals surface area contributed by atoms with Gasteiger partial charge in [-0.1, -0.05) is 231 Å². The summed E-state index contributed by atoms with van der Waals surface area (Å²) in [5.41, 5.74) is 20.6. The van der Waals surface area contributed by atoms with E-state index in [4.69, 9.17) is 18.9 Å². The highest BCUT2D eigenvalue weighted by Crippen LogP contribution is 2.60. The fourth-order valence-corrected chi connectivity index (χ4v) is 16.0. The largest absolute Gasteiger partial charge is 0.458 e. The highest BCUT2D eigenvalue weighted by Gasteiger charge is 2.51. The van der Waals surface area contributed by atoms with Crippen LogP contribution in [0.4, 0.5) is 34.1 Å². The molecule has 0 atom stereocenters. The molecule has 6 aliphatic rings. The topological polar surface area (TPSA) is 43.4 Å². The summed E-state index contributed by atoms with van der Waals surface area (Å²) in [7, 11) is 0. The van der Waals surface area contributed by atoms with E-state index in [1.807, 2.05) is 0 Å². The minimum Gasteiger partial charge on any atom is -0.458 e. The van der Waals surface area contributed by atoms with E-state index in [9.17, 15) is 0 Å². The molecular weight excluding hydrogens is 1070 g/mol. The Morgan fingerprint density at radius 2 is 0.489 bits per heavy atom. The van der Waals surface area contributed by atoms with Crippen molar-refractivity contribution in [2.24, 2.45) is 0 Å². The molecule has 6 aliphatic heterocycles. The molecule has 0 aliphatic carbocycles. The lowest BCUT2D eigenvalue weighted by Gasteiger charge is -2.46. The van der Waals surface area contributed by atoms with E-state index in [0.29, 0.717) is 0 Å². The van der Waals surface area contributed by atoms with Crippen LogP contribution in [0.5, 0.6) is 46.0 Å². The van der Waals surface area contributed by atoms with Gasteiger partial charge in [-0.3, -0.25) is 0 Å². The average Bonchev–Trinajstić information content (AvgIpc) is 0.817. The first-order valence-corrected chi connectivity index (χ1v) is 30.3. The van der Waals surface area contributed by atoms with Crippen molar-refractivity contribution in [2.45, 2.75) is 10.8 Å². The van der Waals surface area contributed by atoms with Gasteiger partial charge in [0.25, 0.3) is 13.4 Å². The first kappa shape index (κ1) is 49.1. The monoisotopic (exact) mass is 1120 g/mol. The lowest BCUT2D eigenvalue weighted by atomic mass is 9.32. The molecule has 19 rings (SSSR count). The molecule has 410 valence electrons. The molecule has 13 aromatic rings. The standard InChI is InChI=1S/C80H50B2N2O4/c1-5-25-51(26-6-1)79(52-27-7-2-8-28-52)57-33-13-19-39-65(57)83(66-40-20-14-34-58(66)79)55-45-73-77-75(47-55)87-71-49-64-72(50-63(71)81(77)61-37-17-23-43-69(61)85-73)88-76-48-56(46-74-78(76)82(64)62-38-18-24-44-70(62)86-74)84-67-41-21-15-35-59(67)80(53-29-9-3-10-30-53,54-31-11-4-12-32-54)60-36-16-22-42-68(60)84/h1-50H. The number of anilines is 6. The van der Waals surface area contributed by atoms with Crippen LogP contribution in [-0.2, 0) is 10.8 Å². The van der Waals surface area contributed by atoms with Crippen LogP contribution in [0, 0.1) is 0 Å². The molecule has 0 spiro atoms. The first-order chi connectivity index (χ1) is 43.6. The minimum absolute atomic E-state index is 0.229. The molecule has 13 aromatic carbocycles. The SMILES string of the molecule is c1ccc(C2(c3ccccc3)c3ccccc3N(c3cc4c5c(c3)Oc3cc6c(cc3B5c3ccccc3O4)Oc3cc(N4c5ccccc5C(c5ccccc5)(c5ccccc5)c5ccccc54)cc4c3B6c3ccccc3O4)c3ccccc32)cc1. The molecular formula is C80H50B2N2O4. The van der Waals surface area contributed by atoms with Crippen LogP contribution in [0.3, 0.4) is 0 Å². The van der Waals surface area contributed by atoms with Crippen molar-refractivity contribution in [2.75, 3.05) is 9.80 Å². The highest BCUT2D eigenvalue weighted by atomic mass is 16.5. The number of hydrogen-bond acceptors (Lipinski definition) is 6. The molecule has 0 amide bonds. The fourth-order valence-electron chi connectivity index (χ4n) is 16.0. The van der Waals surface area contributed by atoms with Crippen LogP contribution < -0.4 is 61.5 Å². The van der Waals surface area contributed by atoms with Crippen LogP contribution in [-0.4, -0.2) is 13.4 Å². The van der Waals surface area contributed by atoms with Gasteiger partial charge >= 0.3 is 0 Å². The third kappa shape index (κ3) is 6.69. The molecule has 0 unspecified atom stereocenters. The molecule has 6 nitrogen and oxygen atoms in total. The quantitative estimate of drug-likeness (QED) is 0.155.